The van der Waals surface area contributed by atoms with Crippen molar-refractivity contribution in [1.29, 1.82) is 5.26 Å². The molecular weight excluding hydrogens is 438 g/mol. The first-order chi connectivity index (χ1) is 15.1. The first kappa shape index (κ1) is 25.5. The summed E-state index contributed by atoms with van der Waals surface area (Å²) in [7, 11) is 1.60. The summed E-state index contributed by atoms with van der Waals surface area (Å²) >= 11 is 0. The fraction of sp³-hybridized carbons (Fsp3) is 0.550. The van der Waals surface area contributed by atoms with E-state index >= 15 is 0 Å². The summed E-state index contributed by atoms with van der Waals surface area (Å²) in [5, 5.41) is 19.0. The molecular formula is C20H23F4N3O5. The van der Waals surface area contributed by atoms with Crippen LogP contribution in [0, 0.1) is 23.1 Å². The van der Waals surface area contributed by atoms with Crippen molar-refractivity contribution in [3.05, 3.63) is 35.1 Å². The third-order valence-corrected chi connectivity index (χ3v) is 5.12. The van der Waals surface area contributed by atoms with Crippen molar-refractivity contribution in [2.24, 2.45) is 5.92 Å². The van der Waals surface area contributed by atoms with Gasteiger partial charge >= 0.3 is 12.1 Å². The maximum Gasteiger partial charge on any atom is 0.490 e. The number of alkyl halides is 3. The summed E-state index contributed by atoms with van der Waals surface area (Å²) in [6, 6.07) is 6.63. The molecule has 0 saturated carbocycles. The molecule has 1 aromatic carbocycles. The quantitative estimate of drug-likeness (QED) is 0.490. The van der Waals surface area contributed by atoms with Crippen LogP contribution in [0.4, 0.5) is 17.6 Å². The largest absolute Gasteiger partial charge is 0.490 e. The standard InChI is InChI=1S/C18H22FN3O3.C2HF3O2/c1-24-7-5-21-18(23)14-11-22(16-4-6-25-17(14)16)10-12-2-3-15(19)13(8-12)9-20;3-2(4,5)1(6)7/h2-3,8,14,16-17H,4-7,10-11H2,1H3,(H,21,23);(H,6,7)/t14-,16+,17+;/m0./s1. The number of rotatable bonds is 6. The Labute approximate surface area is 181 Å². The Morgan fingerprint density at radius 3 is 2.69 bits per heavy atom. The van der Waals surface area contributed by atoms with Crippen molar-refractivity contribution in [3.63, 3.8) is 0 Å². The molecule has 0 bridgehead atoms. The highest BCUT2D eigenvalue weighted by atomic mass is 19.4. The number of aliphatic carboxylic acids is 1. The van der Waals surface area contributed by atoms with Crippen LogP contribution >= 0.6 is 0 Å². The van der Waals surface area contributed by atoms with Crippen molar-refractivity contribution in [2.45, 2.75) is 31.3 Å². The Morgan fingerprint density at radius 2 is 2.09 bits per heavy atom. The van der Waals surface area contributed by atoms with Crippen molar-refractivity contribution < 1.29 is 41.7 Å². The molecule has 3 rings (SSSR count). The number of carboxylic acids is 1. The summed E-state index contributed by atoms with van der Waals surface area (Å²) in [6.45, 7) is 2.76. The Hall–Kier alpha value is -2.75. The maximum absolute atomic E-state index is 13.5. The van der Waals surface area contributed by atoms with E-state index in [1.165, 1.54) is 6.07 Å². The molecule has 8 nitrogen and oxygen atoms in total. The molecule has 2 saturated heterocycles. The molecule has 0 unspecified atom stereocenters. The average Bonchev–Trinajstić information content (AvgIpc) is 3.33. The van der Waals surface area contributed by atoms with Crippen LogP contribution in [-0.2, 0) is 25.6 Å². The van der Waals surface area contributed by atoms with E-state index in [2.05, 4.69) is 10.2 Å². The van der Waals surface area contributed by atoms with Crippen LogP contribution in [0.3, 0.4) is 0 Å². The Bertz CT molecular complexity index is 859. The second kappa shape index (κ2) is 11.2. The normalized spacial score (nSPS) is 22.4. The van der Waals surface area contributed by atoms with Gasteiger partial charge in [-0.25, -0.2) is 9.18 Å². The molecule has 0 aliphatic carbocycles. The predicted octanol–water partition coefficient (Wildman–Crippen LogP) is 1.68. The van der Waals surface area contributed by atoms with Crippen molar-refractivity contribution in [1.82, 2.24) is 10.2 Å². The van der Waals surface area contributed by atoms with Crippen LogP contribution in [0.15, 0.2) is 18.2 Å². The Kier molecular flexibility index (Phi) is 8.94. The zero-order chi connectivity index (χ0) is 23.9. The molecule has 0 spiro atoms. The van der Waals surface area contributed by atoms with E-state index in [1.807, 2.05) is 6.07 Å². The molecule has 1 amide bonds. The van der Waals surface area contributed by atoms with Crippen LogP contribution in [0.25, 0.3) is 0 Å². The van der Waals surface area contributed by atoms with Gasteiger partial charge in [0, 0.05) is 39.4 Å². The second-order valence-corrected chi connectivity index (χ2v) is 7.24. The molecule has 2 aliphatic heterocycles. The number of amides is 1. The first-order valence-electron chi connectivity index (χ1n) is 9.69. The van der Waals surface area contributed by atoms with Crippen molar-refractivity contribution in [3.8, 4) is 6.07 Å². The highest BCUT2D eigenvalue weighted by Crippen LogP contribution is 2.34. The van der Waals surface area contributed by atoms with Gasteiger partial charge in [0.15, 0.2) is 0 Å². The topological polar surface area (TPSA) is 112 Å². The minimum absolute atomic E-state index is 0.0201. The summed E-state index contributed by atoms with van der Waals surface area (Å²) in [5.41, 5.74) is 0.911. The molecule has 2 N–H and O–H groups in total. The lowest BCUT2D eigenvalue weighted by atomic mass is 10.0. The molecule has 3 atom stereocenters. The summed E-state index contributed by atoms with van der Waals surface area (Å²) in [4.78, 5) is 23.5. The van der Waals surface area contributed by atoms with Crippen molar-refractivity contribution >= 4 is 11.9 Å². The fourth-order valence-electron chi connectivity index (χ4n) is 3.68. The first-order valence-corrected chi connectivity index (χ1v) is 9.69. The molecule has 176 valence electrons. The van der Waals surface area contributed by atoms with E-state index in [0.29, 0.717) is 32.8 Å². The molecule has 1 aromatic rings. The van der Waals surface area contributed by atoms with Gasteiger partial charge in [0.05, 0.1) is 24.2 Å². The van der Waals surface area contributed by atoms with Crippen LogP contribution < -0.4 is 5.32 Å². The van der Waals surface area contributed by atoms with Gasteiger partial charge in [-0.05, 0) is 24.1 Å². The third kappa shape index (κ3) is 6.62. The number of carbonyl (C=O) groups excluding carboxylic acids is 1. The number of halogens is 4. The lowest BCUT2D eigenvalue weighted by molar-refractivity contribution is -0.192. The molecule has 2 aliphatic rings. The van der Waals surface area contributed by atoms with Gasteiger partial charge in [-0.3, -0.25) is 9.69 Å². The lowest BCUT2D eigenvalue weighted by Gasteiger charge is -2.22. The molecule has 0 aromatic heterocycles. The van der Waals surface area contributed by atoms with Gasteiger partial charge < -0.3 is 19.9 Å². The molecule has 2 heterocycles. The summed E-state index contributed by atoms with van der Waals surface area (Å²) in [6.07, 6.45) is -4.32. The van der Waals surface area contributed by atoms with E-state index in [-0.39, 0.29) is 29.5 Å². The number of fused-ring (bicyclic) bond motifs is 1. The predicted molar refractivity (Wildman–Crippen MR) is 102 cm³/mol. The van der Waals surface area contributed by atoms with E-state index < -0.39 is 18.0 Å². The van der Waals surface area contributed by atoms with Crippen LogP contribution in [0.1, 0.15) is 17.5 Å². The zero-order valence-electron chi connectivity index (χ0n) is 17.2. The minimum Gasteiger partial charge on any atom is -0.475 e. The molecule has 32 heavy (non-hydrogen) atoms. The number of methoxy groups -OCH3 is 1. The van der Waals surface area contributed by atoms with Gasteiger partial charge in [-0.2, -0.15) is 18.4 Å². The Balaban J connectivity index is 0.000000451. The van der Waals surface area contributed by atoms with Gasteiger partial charge in [0.25, 0.3) is 0 Å². The second-order valence-electron chi connectivity index (χ2n) is 7.24. The monoisotopic (exact) mass is 461 g/mol. The lowest BCUT2D eigenvalue weighted by Crippen LogP contribution is -2.39. The highest BCUT2D eigenvalue weighted by Gasteiger charge is 2.48. The van der Waals surface area contributed by atoms with Gasteiger partial charge in [-0.15, -0.1) is 0 Å². The number of benzene rings is 1. The van der Waals surface area contributed by atoms with Crippen LogP contribution in [-0.4, -0.2) is 73.6 Å². The third-order valence-electron chi connectivity index (χ3n) is 5.12. The number of ether oxygens (including phenoxy) is 2. The summed E-state index contributed by atoms with van der Waals surface area (Å²) in [5.74, 6) is -3.51. The number of hydrogen-bond acceptors (Lipinski definition) is 6. The number of likely N-dealkylation sites (tertiary alicyclic amines) is 1. The van der Waals surface area contributed by atoms with Gasteiger partial charge in [-0.1, -0.05) is 6.07 Å². The molecule has 12 heteroatoms. The number of hydrogen-bond donors (Lipinski definition) is 2. The highest BCUT2D eigenvalue weighted by molar-refractivity contribution is 5.80. The minimum atomic E-state index is -5.08. The van der Waals surface area contributed by atoms with Gasteiger partial charge in [0.2, 0.25) is 5.91 Å². The van der Waals surface area contributed by atoms with Crippen LogP contribution in [0.2, 0.25) is 0 Å². The SMILES string of the molecule is COCCNC(=O)[C@H]1CN(Cc2ccc(F)c(C#N)c2)[C@@H]2CCO[C@H]12.O=C(O)C(F)(F)F. The van der Waals surface area contributed by atoms with E-state index in [4.69, 9.17) is 24.6 Å². The van der Waals surface area contributed by atoms with E-state index in [9.17, 15) is 22.4 Å². The van der Waals surface area contributed by atoms with E-state index in [1.54, 1.807) is 19.2 Å². The number of carboxylic acid groups (broad SMARTS) is 1. The number of nitriles is 1. The fourth-order valence-corrected chi connectivity index (χ4v) is 3.68. The smallest absolute Gasteiger partial charge is 0.475 e. The van der Waals surface area contributed by atoms with Gasteiger partial charge in [0.1, 0.15) is 11.9 Å². The maximum atomic E-state index is 13.5. The van der Waals surface area contributed by atoms with Crippen LogP contribution in [0.5, 0.6) is 0 Å². The summed E-state index contributed by atoms with van der Waals surface area (Å²) < 4.78 is 56.0. The zero-order valence-corrected chi connectivity index (χ0v) is 17.2. The van der Waals surface area contributed by atoms with Crippen molar-refractivity contribution in [2.75, 3.05) is 33.4 Å². The molecule has 2 fully saturated rings. The average molecular weight is 461 g/mol. The van der Waals surface area contributed by atoms with E-state index in [0.717, 1.165) is 12.0 Å². The number of carbonyl (C=O) groups is 2. The molecule has 0 radical (unpaired) electrons. The number of nitrogens with one attached hydrogen (secondary N) is 1. The number of nitrogens with zero attached hydrogens (tertiary/aromatic N) is 2. The Morgan fingerprint density at radius 1 is 1.41 bits per heavy atom.